The van der Waals surface area contributed by atoms with Gasteiger partial charge in [0, 0.05) is 16.5 Å². The van der Waals surface area contributed by atoms with Crippen LogP contribution in [-0.2, 0) is 6.42 Å². The van der Waals surface area contributed by atoms with E-state index >= 15 is 0 Å². The summed E-state index contributed by atoms with van der Waals surface area (Å²) in [4.78, 5) is 0. The maximum atomic E-state index is 14.8. The summed E-state index contributed by atoms with van der Waals surface area (Å²) in [5, 5.41) is 1.62. The highest BCUT2D eigenvalue weighted by atomic mass is 19.1. The van der Waals surface area contributed by atoms with Crippen molar-refractivity contribution in [2.24, 2.45) is 5.92 Å². The summed E-state index contributed by atoms with van der Waals surface area (Å²) in [6, 6.07) is 18.6. The average Bonchev–Trinajstić information content (AvgIpc) is 2.86. The normalized spacial score (nSPS) is 18.2. The molecular weight excluding hydrogens is 403 g/mol. The van der Waals surface area contributed by atoms with Gasteiger partial charge in [0.25, 0.3) is 0 Å². The third-order valence-corrected chi connectivity index (χ3v) is 7.38. The molecule has 0 bridgehead atoms. The lowest BCUT2D eigenvalue weighted by atomic mass is 9.77. The van der Waals surface area contributed by atoms with Crippen molar-refractivity contribution < 1.29 is 4.39 Å². The minimum absolute atomic E-state index is 0.0737. The second-order valence-electron chi connectivity index (χ2n) is 9.81. The van der Waals surface area contributed by atoms with Crippen LogP contribution in [0.5, 0.6) is 0 Å². The minimum atomic E-state index is -0.0737. The smallest absolute Gasteiger partial charge is 0.134 e. The Morgan fingerprint density at radius 3 is 2.21 bits per heavy atom. The van der Waals surface area contributed by atoms with Crippen LogP contribution in [0.15, 0.2) is 54.6 Å². The molecular formula is C32H37F. The topological polar surface area (TPSA) is 0 Å². The number of halogens is 1. The van der Waals surface area contributed by atoms with E-state index in [0.717, 1.165) is 47.3 Å². The highest BCUT2D eigenvalue weighted by Crippen LogP contribution is 2.37. The van der Waals surface area contributed by atoms with E-state index in [2.05, 4.69) is 50.0 Å². The van der Waals surface area contributed by atoms with Crippen molar-refractivity contribution in [2.75, 3.05) is 0 Å². The third-order valence-electron chi connectivity index (χ3n) is 7.38. The van der Waals surface area contributed by atoms with Gasteiger partial charge in [0.2, 0.25) is 0 Å². The molecule has 1 aliphatic rings. The zero-order chi connectivity index (χ0) is 23.0. The summed E-state index contributed by atoms with van der Waals surface area (Å²) >= 11 is 0. The number of fused-ring (bicyclic) bond motifs is 1. The number of rotatable bonds is 7. The Bertz CT molecular complexity index is 1100. The lowest BCUT2D eigenvalue weighted by Crippen LogP contribution is -2.13. The van der Waals surface area contributed by atoms with Crippen LogP contribution < -0.4 is 0 Å². The molecule has 3 aromatic carbocycles. The van der Waals surface area contributed by atoms with E-state index in [1.165, 1.54) is 50.5 Å². The summed E-state index contributed by atoms with van der Waals surface area (Å²) in [5.41, 5.74) is 4.25. The van der Waals surface area contributed by atoms with Crippen LogP contribution in [0.4, 0.5) is 4.39 Å². The average molecular weight is 441 g/mol. The largest absolute Gasteiger partial charge is 0.206 e. The molecule has 0 atom stereocenters. The van der Waals surface area contributed by atoms with E-state index in [-0.39, 0.29) is 5.82 Å². The molecule has 1 heteroatoms. The summed E-state index contributed by atoms with van der Waals surface area (Å²) < 4.78 is 14.8. The lowest BCUT2D eigenvalue weighted by Gasteiger charge is -2.28. The molecule has 0 radical (unpaired) electrons. The standard InChI is InChI=1S/C32H37F/c1-3-5-7-24-11-16-27(17-12-24)28-18-13-25(14-19-28)9-10-26-15-22-31-30(23-26)21-20-29(32(31)33)8-6-4-2/h13-15,18-24,27H,3-8,11-12,16-17H2,1-2H3. The quantitative estimate of drug-likeness (QED) is 0.321. The van der Waals surface area contributed by atoms with Crippen molar-refractivity contribution in [3.8, 4) is 11.8 Å². The highest BCUT2D eigenvalue weighted by molar-refractivity contribution is 5.85. The molecule has 0 saturated heterocycles. The number of hydrogen-bond donors (Lipinski definition) is 0. The van der Waals surface area contributed by atoms with Crippen LogP contribution >= 0.6 is 0 Å². The van der Waals surface area contributed by atoms with E-state index in [0.29, 0.717) is 11.3 Å². The molecule has 0 nitrogen and oxygen atoms in total. The second-order valence-corrected chi connectivity index (χ2v) is 9.81. The molecule has 33 heavy (non-hydrogen) atoms. The van der Waals surface area contributed by atoms with Gasteiger partial charge < -0.3 is 0 Å². The Labute approximate surface area is 199 Å². The minimum Gasteiger partial charge on any atom is -0.206 e. The molecule has 1 fully saturated rings. The summed E-state index contributed by atoms with van der Waals surface area (Å²) in [7, 11) is 0. The Kier molecular flexibility index (Phi) is 8.22. The van der Waals surface area contributed by atoms with Gasteiger partial charge in [-0.15, -0.1) is 0 Å². The van der Waals surface area contributed by atoms with E-state index in [1.807, 2.05) is 30.3 Å². The van der Waals surface area contributed by atoms with Gasteiger partial charge in [0.1, 0.15) is 5.82 Å². The van der Waals surface area contributed by atoms with E-state index < -0.39 is 0 Å². The van der Waals surface area contributed by atoms with Gasteiger partial charge in [-0.2, -0.15) is 0 Å². The van der Waals surface area contributed by atoms with Crippen molar-refractivity contribution in [2.45, 2.75) is 84.0 Å². The van der Waals surface area contributed by atoms with Gasteiger partial charge in [0.15, 0.2) is 0 Å². The molecule has 1 saturated carbocycles. The van der Waals surface area contributed by atoms with Gasteiger partial charge in [-0.3, -0.25) is 0 Å². The fourth-order valence-corrected chi connectivity index (χ4v) is 5.24. The van der Waals surface area contributed by atoms with Gasteiger partial charge in [-0.05, 0) is 91.1 Å². The van der Waals surface area contributed by atoms with E-state index in [9.17, 15) is 4.39 Å². The van der Waals surface area contributed by atoms with Crippen LogP contribution in [0, 0.1) is 23.6 Å². The molecule has 0 aromatic heterocycles. The molecule has 0 aliphatic heterocycles. The van der Waals surface area contributed by atoms with Gasteiger partial charge in [0.05, 0.1) is 0 Å². The first-order valence-corrected chi connectivity index (χ1v) is 13.0. The number of unbranched alkanes of at least 4 members (excludes halogenated alkanes) is 2. The monoisotopic (exact) mass is 440 g/mol. The van der Waals surface area contributed by atoms with Gasteiger partial charge in [-0.25, -0.2) is 4.39 Å². The molecule has 0 unspecified atom stereocenters. The van der Waals surface area contributed by atoms with Crippen LogP contribution in [0.3, 0.4) is 0 Å². The Hall–Kier alpha value is -2.59. The van der Waals surface area contributed by atoms with Crippen LogP contribution in [0.2, 0.25) is 0 Å². The fraction of sp³-hybridized carbons (Fsp3) is 0.438. The number of hydrogen-bond acceptors (Lipinski definition) is 0. The third kappa shape index (κ3) is 6.05. The molecule has 172 valence electrons. The Morgan fingerprint density at radius 1 is 0.788 bits per heavy atom. The molecule has 0 heterocycles. The first-order chi connectivity index (χ1) is 16.2. The zero-order valence-corrected chi connectivity index (χ0v) is 20.3. The first kappa shape index (κ1) is 23.6. The molecule has 0 spiro atoms. The second kappa shape index (κ2) is 11.5. The molecule has 1 aliphatic carbocycles. The van der Waals surface area contributed by atoms with Crippen molar-refractivity contribution in [1.29, 1.82) is 0 Å². The Morgan fingerprint density at radius 2 is 1.48 bits per heavy atom. The van der Waals surface area contributed by atoms with E-state index in [4.69, 9.17) is 0 Å². The molecule has 0 N–H and O–H groups in total. The van der Waals surface area contributed by atoms with E-state index in [1.54, 1.807) is 0 Å². The number of aryl methyl sites for hydroxylation is 1. The summed E-state index contributed by atoms with van der Waals surface area (Å²) in [5.74, 6) is 8.16. The summed E-state index contributed by atoms with van der Waals surface area (Å²) in [6.07, 6.45) is 12.4. The van der Waals surface area contributed by atoms with Crippen molar-refractivity contribution in [3.63, 3.8) is 0 Å². The van der Waals surface area contributed by atoms with Gasteiger partial charge in [-0.1, -0.05) is 81.7 Å². The van der Waals surface area contributed by atoms with Crippen LogP contribution in [0.25, 0.3) is 10.8 Å². The zero-order valence-electron chi connectivity index (χ0n) is 20.3. The van der Waals surface area contributed by atoms with Crippen molar-refractivity contribution >= 4 is 10.8 Å². The number of benzene rings is 3. The Balaban J connectivity index is 1.41. The molecule has 4 rings (SSSR count). The first-order valence-electron chi connectivity index (χ1n) is 13.0. The van der Waals surface area contributed by atoms with Crippen molar-refractivity contribution in [3.05, 3.63) is 82.7 Å². The highest BCUT2D eigenvalue weighted by Gasteiger charge is 2.21. The predicted molar refractivity (Wildman–Crippen MR) is 139 cm³/mol. The SMILES string of the molecule is CCCCc1ccc2cc(C#Cc3ccc(C4CCC(CCCC)CC4)cc3)ccc2c1F. The predicted octanol–water partition coefficient (Wildman–Crippen LogP) is 9.19. The molecule has 3 aromatic rings. The summed E-state index contributed by atoms with van der Waals surface area (Å²) in [6.45, 7) is 4.43. The van der Waals surface area contributed by atoms with Gasteiger partial charge >= 0.3 is 0 Å². The fourth-order valence-electron chi connectivity index (χ4n) is 5.24. The maximum absolute atomic E-state index is 14.8. The maximum Gasteiger partial charge on any atom is 0.134 e. The van der Waals surface area contributed by atoms with Crippen LogP contribution in [0.1, 0.15) is 99.8 Å². The lowest BCUT2D eigenvalue weighted by molar-refractivity contribution is 0.304. The molecule has 0 amide bonds. The van der Waals surface area contributed by atoms with Crippen molar-refractivity contribution in [1.82, 2.24) is 0 Å². The van der Waals surface area contributed by atoms with Crippen LogP contribution in [-0.4, -0.2) is 0 Å².